The van der Waals surface area contributed by atoms with Crippen LogP contribution in [0.3, 0.4) is 0 Å². The van der Waals surface area contributed by atoms with Crippen LogP contribution in [-0.4, -0.2) is 62.7 Å². The average molecular weight is 410 g/mol. The van der Waals surface area contributed by atoms with E-state index in [9.17, 15) is 9.59 Å². The van der Waals surface area contributed by atoms with Gasteiger partial charge in [-0.1, -0.05) is 0 Å². The molecule has 154 valence electrons. The van der Waals surface area contributed by atoms with E-state index in [2.05, 4.69) is 10.2 Å². The molecule has 0 aliphatic carbocycles. The maximum atomic E-state index is 13.3. The number of carbonyl (C=O) groups is 2. The highest BCUT2D eigenvalue weighted by Gasteiger charge is 2.44. The highest BCUT2D eigenvalue weighted by molar-refractivity contribution is 6.00. The summed E-state index contributed by atoms with van der Waals surface area (Å²) in [4.78, 5) is 29.7. The summed E-state index contributed by atoms with van der Waals surface area (Å²) in [6, 6.07) is 5.98. The van der Waals surface area contributed by atoms with Crippen molar-refractivity contribution in [2.75, 3.05) is 38.8 Å². The van der Waals surface area contributed by atoms with Crippen molar-refractivity contribution in [2.45, 2.75) is 37.8 Å². The van der Waals surface area contributed by atoms with Crippen LogP contribution < -0.4 is 19.7 Å². The molecule has 1 aromatic rings. The highest BCUT2D eigenvalue weighted by Crippen LogP contribution is 2.35. The molecule has 0 saturated carbocycles. The standard InChI is InChI=1S/C20H27N3O4.ClH/c1-26-17-8-16(9-18(10-17)27-2)22-12-13(7-19(22)24)20(25)23-14-3-4-15(23)11-21-6-5-14;/h8-10,13-15,21H,3-7,11-12H2,1-2H3;1H. The van der Waals surface area contributed by atoms with Crippen molar-refractivity contribution in [2.24, 2.45) is 5.92 Å². The lowest BCUT2D eigenvalue weighted by atomic mass is 10.1. The molecule has 0 aromatic heterocycles. The van der Waals surface area contributed by atoms with Crippen LogP contribution in [0, 0.1) is 5.92 Å². The second-order valence-electron chi connectivity index (χ2n) is 7.60. The van der Waals surface area contributed by atoms with Gasteiger partial charge in [-0.05, 0) is 25.8 Å². The zero-order valence-corrected chi connectivity index (χ0v) is 17.2. The molecule has 2 amide bonds. The molecular formula is C20H28ClN3O4. The molecule has 2 bridgehead atoms. The Hall–Kier alpha value is -1.99. The maximum Gasteiger partial charge on any atom is 0.228 e. The predicted molar refractivity (Wildman–Crippen MR) is 108 cm³/mol. The Balaban J connectivity index is 0.00000225. The van der Waals surface area contributed by atoms with Gasteiger partial charge in [0.25, 0.3) is 0 Å². The van der Waals surface area contributed by atoms with Crippen LogP contribution in [-0.2, 0) is 9.59 Å². The Morgan fingerprint density at radius 2 is 1.75 bits per heavy atom. The maximum absolute atomic E-state index is 13.3. The van der Waals surface area contributed by atoms with Gasteiger partial charge in [-0.25, -0.2) is 0 Å². The second kappa shape index (κ2) is 8.57. The Morgan fingerprint density at radius 3 is 2.43 bits per heavy atom. The fourth-order valence-corrected chi connectivity index (χ4v) is 4.62. The number of amides is 2. The number of benzene rings is 1. The second-order valence-corrected chi connectivity index (χ2v) is 7.60. The smallest absolute Gasteiger partial charge is 0.228 e. The number of nitrogens with one attached hydrogen (secondary N) is 1. The van der Waals surface area contributed by atoms with E-state index in [0.29, 0.717) is 29.8 Å². The quantitative estimate of drug-likeness (QED) is 0.821. The lowest BCUT2D eigenvalue weighted by Gasteiger charge is -2.30. The van der Waals surface area contributed by atoms with Gasteiger partial charge in [0.1, 0.15) is 11.5 Å². The molecule has 28 heavy (non-hydrogen) atoms. The molecule has 3 saturated heterocycles. The molecule has 1 N–H and O–H groups in total. The van der Waals surface area contributed by atoms with Crippen LogP contribution in [0.4, 0.5) is 5.69 Å². The lowest BCUT2D eigenvalue weighted by Crippen LogP contribution is -2.46. The van der Waals surface area contributed by atoms with E-state index in [1.807, 2.05) is 12.1 Å². The van der Waals surface area contributed by atoms with Crippen molar-refractivity contribution in [1.82, 2.24) is 10.2 Å². The van der Waals surface area contributed by atoms with Crippen LogP contribution in [0.25, 0.3) is 0 Å². The highest BCUT2D eigenvalue weighted by atomic mass is 35.5. The molecule has 0 radical (unpaired) electrons. The molecule has 3 aliphatic rings. The van der Waals surface area contributed by atoms with Crippen LogP contribution in [0.1, 0.15) is 25.7 Å². The molecule has 3 atom stereocenters. The van der Waals surface area contributed by atoms with E-state index in [0.717, 1.165) is 32.4 Å². The van der Waals surface area contributed by atoms with E-state index < -0.39 is 0 Å². The predicted octanol–water partition coefficient (Wildman–Crippen LogP) is 1.83. The zero-order valence-electron chi connectivity index (χ0n) is 16.3. The number of hydrogen-bond acceptors (Lipinski definition) is 5. The Morgan fingerprint density at radius 1 is 1.07 bits per heavy atom. The first-order valence-electron chi connectivity index (χ1n) is 9.67. The number of carbonyl (C=O) groups excluding carboxylic acids is 2. The summed E-state index contributed by atoms with van der Waals surface area (Å²) in [5.74, 6) is 1.09. The molecule has 3 fully saturated rings. The normalized spacial score (nSPS) is 26.6. The van der Waals surface area contributed by atoms with Gasteiger partial charge in [0.2, 0.25) is 11.8 Å². The number of nitrogens with zero attached hydrogens (tertiary/aromatic N) is 2. The van der Waals surface area contributed by atoms with Gasteiger partial charge in [-0.3, -0.25) is 9.59 Å². The van der Waals surface area contributed by atoms with Crippen molar-refractivity contribution in [3.63, 3.8) is 0 Å². The molecule has 0 spiro atoms. The molecule has 4 rings (SSSR count). The van der Waals surface area contributed by atoms with E-state index in [1.54, 1.807) is 25.2 Å². The van der Waals surface area contributed by atoms with Crippen molar-refractivity contribution in [3.8, 4) is 11.5 Å². The summed E-state index contributed by atoms with van der Waals surface area (Å²) in [6.07, 6.45) is 3.40. The third kappa shape index (κ3) is 3.78. The molecule has 8 heteroatoms. The Labute approximate surface area is 171 Å². The Bertz CT molecular complexity index is 708. The number of ether oxygens (including phenoxy) is 2. The fraction of sp³-hybridized carbons (Fsp3) is 0.600. The van der Waals surface area contributed by atoms with Gasteiger partial charge in [-0.15, -0.1) is 12.4 Å². The van der Waals surface area contributed by atoms with Gasteiger partial charge in [-0.2, -0.15) is 0 Å². The molecule has 3 unspecified atom stereocenters. The van der Waals surface area contributed by atoms with Crippen molar-refractivity contribution < 1.29 is 19.1 Å². The topological polar surface area (TPSA) is 71.1 Å². The number of hydrogen-bond donors (Lipinski definition) is 1. The van der Waals surface area contributed by atoms with Gasteiger partial charge >= 0.3 is 0 Å². The van der Waals surface area contributed by atoms with Gasteiger partial charge < -0.3 is 24.6 Å². The largest absolute Gasteiger partial charge is 0.497 e. The van der Waals surface area contributed by atoms with E-state index >= 15 is 0 Å². The first kappa shape index (κ1) is 20.7. The molecule has 1 aromatic carbocycles. The third-order valence-electron chi connectivity index (χ3n) is 6.03. The van der Waals surface area contributed by atoms with E-state index in [1.165, 1.54) is 0 Å². The Kier molecular flexibility index (Phi) is 6.35. The monoisotopic (exact) mass is 409 g/mol. The van der Waals surface area contributed by atoms with Crippen molar-refractivity contribution >= 4 is 29.9 Å². The zero-order chi connectivity index (χ0) is 19.0. The minimum atomic E-state index is -0.282. The summed E-state index contributed by atoms with van der Waals surface area (Å²) >= 11 is 0. The van der Waals surface area contributed by atoms with Gasteiger partial charge in [0.05, 0.1) is 25.8 Å². The summed E-state index contributed by atoms with van der Waals surface area (Å²) < 4.78 is 10.6. The SMILES string of the molecule is COc1cc(OC)cc(N2CC(C(=O)N3C4CCNCC3CC4)CC2=O)c1.Cl. The van der Waals surface area contributed by atoms with E-state index in [4.69, 9.17) is 9.47 Å². The van der Waals surface area contributed by atoms with E-state index in [-0.39, 0.29) is 42.6 Å². The van der Waals surface area contributed by atoms with Crippen LogP contribution in [0.5, 0.6) is 11.5 Å². The number of fused-ring (bicyclic) bond motifs is 2. The summed E-state index contributed by atoms with van der Waals surface area (Å²) in [7, 11) is 3.17. The first-order chi connectivity index (χ1) is 13.1. The lowest BCUT2D eigenvalue weighted by molar-refractivity contribution is -0.138. The number of methoxy groups -OCH3 is 2. The van der Waals surface area contributed by atoms with Gasteiger partial charge in [0.15, 0.2) is 0 Å². The number of halogens is 1. The molecular weight excluding hydrogens is 382 g/mol. The first-order valence-corrected chi connectivity index (χ1v) is 9.67. The van der Waals surface area contributed by atoms with Crippen LogP contribution in [0.15, 0.2) is 18.2 Å². The summed E-state index contributed by atoms with van der Waals surface area (Å²) in [6.45, 7) is 2.24. The fourth-order valence-electron chi connectivity index (χ4n) is 4.62. The van der Waals surface area contributed by atoms with Crippen LogP contribution >= 0.6 is 12.4 Å². The van der Waals surface area contributed by atoms with Gasteiger partial charge in [0, 0.05) is 49.8 Å². The molecule has 3 aliphatic heterocycles. The minimum absolute atomic E-state index is 0. The molecule has 3 heterocycles. The summed E-state index contributed by atoms with van der Waals surface area (Å²) in [5.41, 5.74) is 0.715. The summed E-state index contributed by atoms with van der Waals surface area (Å²) in [5, 5.41) is 3.42. The minimum Gasteiger partial charge on any atom is -0.497 e. The molecule has 7 nitrogen and oxygen atoms in total. The third-order valence-corrected chi connectivity index (χ3v) is 6.03. The number of rotatable bonds is 4. The van der Waals surface area contributed by atoms with Crippen LogP contribution in [0.2, 0.25) is 0 Å². The number of anilines is 1. The average Bonchev–Trinajstić information content (AvgIpc) is 3.19. The van der Waals surface area contributed by atoms with Crippen molar-refractivity contribution in [3.05, 3.63) is 18.2 Å². The van der Waals surface area contributed by atoms with Crippen molar-refractivity contribution in [1.29, 1.82) is 0 Å².